The van der Waals surface area contributed by atoms with Crippen LogP contribution in [0.1, 0.15) is 28.9 Å². The molecule has 0 radical (unpaired) electrons. The highest BCUT2D eigenvalue weighted by Gasteiger charge is 2.29. The lowest BCUT2D eigenvalue weighted by atomic mass is 10.1. The van der Waals surface area contributed by atoms with Gasteiger partial charge in [-0.05, 0) is 30.7 Å². The van der Waals surface area contributed by atoms with E-state index in [1.165, 1.54) is 11.3 Å². The van der Waals surface area contributed by atoms with E-state index >= 15 is 0 Å². The molecule has 1 aliphatic carbocycles. The summed E-state index contributed by atoms with van der Waals surface area (Å²) in [6.45, 7) is 0.885. The molecular formula is C19H22ClN3O4S. The Kier molecular flexibility index (Phi) is 6.43. The third-order valence-corrected chi connectivity index (χ3v) is 5.65. The van der Waals surface area contributed by atoms with Crippen LogP contribution in [-0.2, 0) is 4.79 Å². The third kappa shape index (κ3) is 4.40. The molecule has 1 aromatic heterocycles. The van der Waals surface area contributed by atoms with Crippen molar-refractivity contribution in [2.45, 2.75) is 25.3 Å². The van der Waals surface area contributed by atoms with Gasteiger partial charge in [0, 0.05) is 24.1 Å². The maximum atomic E-state index is 12.6. The maximum Gasteiger partial charge on any atom is 0.265 e. The first-order valence-electron chi connectivity index (χ1n) is 8.95. The zero-order chi connectivity index (χ0) is 18.8. The first-order valence-corrected chi connectivity index (χ1v) is 9.83. The highest BCUT2D eigenvalue weighted by atomic mass is 35.5. The zero-order valence-corrected chi connectivity index (χ0v) is 16.7. The predicted octanol–water partition coefficient (Wildman–Crippen LogP) is 3.26. The average molecular weight is 424 g/mol. The SMILES string of the molecule is Cl.NC1CCC(C(=O)Nc2cc3c(cc2NC(=O)c2cccs2)OCCO3)C1. The molecule has 150 valence electrons. The quantitative estimate of drug-likeness (QED) is 0.700. The lowest BCUT2D eigenvalue weighted by molar-refractivity contribution is -0.119. The molecule has 1 fully saturated rings. The Morgan fingerprint density at radius 1 is 1.07 bits per heavy atom. The number of rotatable bonds is 4. The molecule has 2 heterocycles. The molecule has 2 amide bonds. The number of hydrogen-bond acceptors (Lipinski definition) is 6. The van der Waals surface area contributed by atoms with Crippen LogP contribution in [0.15, 0.2) is 29.6 Å². The Hall–Kier alpha value is -2.29. The Morgan fingerprint density at radius 2 is 1.75 bits per heavy atom. The number of anilines is 2. The van der Waals surface area contributed by atoms with Gasteiger partial charge in [-0.15, -0.1) is 23.7 Å². The molecule has 1 aromatic carbocycles. The molecule has 9 heteroatoms. The van der Waals surface area contributed by atoms with Crippen molar-refractivity contribution in [3.05, 3.63) is 34.5 Å². The van der Waals surface area contributed by atoms with E-state index in [9.17, 15) is 9.59 Å². The molecule has 7 nitrogen and oxygen atoms in total. The summed E-state index contributed by atoms with van der Waals surface area (Å²) in [6.07, 6.45) is 2.29. The van der Waals surface area contributed by atoms with Crippen molar-refractivity contribution in [1.82, 2.24) is 0 Å². The van der Waals surface area contributed by atoms with E-state index in [1.807, 2.05) is 11.4 Å². The molecule has 2 unspecified atom stereocenters. The van der Waals surface area contributed by atoms with E-state index in [0.717, 1.165) is 12.8 Å². The minimum Gasteiger partial charge on any atom is -0.486 e. The minimum absolute atomic E-state index is 0. The van der Waals surface area contributed by atoms with Crippen LogP contribution in [0.4, 0.5) is 11.4 Å². The summed E-state index contributed by atoms with van der Waals surface area (Å²) in [5, 5.41) is 7.63. The Morgan fingerprint density at radius 3 is 2.32 bits per heavy atom. The van der Waals surface area contributed by atoms with Crippen LogP contribution in [0.2, 0.25) is 0 Å². The zero-order valence-electron chi connectivity index (χ0n) is 15.1. The van der Waals surface area contributed by atoms with Gasteiger partial charge < -0.3 is 25.8 Å². The fourth-order valence-electron chi connectivity index (χ4n) is 3.38. The highest BCUT2D eigenvalue weighted by Crippen LogP contribution is 2.39. The summed E-state index contributed by atoms with van der Waals surface area (Å²) < 4.78 is 11.2. The number of halogens is 1. The number of fused-ring (bicyclic) bond motifs is 1. The monoisotopic (exact) mass is 423 g/mol. The number of benzene rings is 1. The summed E-state index contributed by atoms with van der Waals surface area (Å²) in [6, 6.07) is 7.02. The summed E-state index contributed by atoms with van der Waals surface area (Å²) in [5.41, 5.74) is 6.90. The van der Waals surface area contributed by atoms with Crippen LogP contribution in [0.3, 0.4) is 0 Å². The van der Waals surface area contributed by atoms with Crippen LogP contribution in [0.5, 0.6) is 11.5 Å². The van der Waals surface area contributed by atoms with Crippen molar-refractivity contribution >= 4 is 46.9 Å². The van der Waals surface area contributed by atoms with Gasteiger partial charge in [-0.2, -0.15) is 0 Å². The van der Waals surface area contributed by atoms with E-state index < -0.39 is 0 Å². The Balaban J connectivity index is 0.00000225. The van der Waals surface area contributed by atoms with Crippen molar-refractivity contribution in [1.29, 1.82) is 0 Å². The molecule has 2 atom stereocenters. The fraction of sp³-hybridized carbons (Fsp3) is 0.368. The fourth-order valence-corrected chi connectivity index (χ4v) is 4.00. The van der Waals surface area contributed by atoms with Crippen LogP contribution in [0.25, 0.3) is 0 Å². The number of ether oxygens (including phenoxy) is 2. The summed E-state index contributed by atoms with van der Waals surface area (Å²) >= 11 is 1.35. The second-order valence-corrected chi connectivity index (χ2v) is 7.68. The van der Waals surface area contributed by atoms with Gasteiger partial charge in [0.1, 0.15) is 13.2 Å². The molecule has 2 aliphatic rings. The van der Waals surface area contributed by atoms with E-state index in [1.54, 1.807) is 18.2 Å². The largest absolute Gasteiger partial charge is 0.486 e. The lowest BCUT2D eigenvalue weighted by Gasteiger charge is -2.22. The van der Waals surface area contributed by atoms with Crippen LogP contribution in [0, 0.1) is 5.92 Å². The smallest absolute Gasteiger partial charge is 0.265 e. The van der Waals surface area contributed by atoms with Gasteiger partial charge in [0.15, 0.2) is 11.5 Å². The second-order valence-electron chi connectivity index (χ2n) is 6.73. The number of carbonyl (C=O) groups is 2. The Labute approximate surface area is 173 Å². The van der Waals surface area contributed by atoms with Gasteiger partial charge in [0.2, 0.25) is 5.91 Å². The molecule has 2 aromatic rings. The number of nitrogens with two attached hydrogens (primary N) is 1. The molecule has 28 heavy (non-hydrogen) atoms. The van der Waals surface area contributed by atoms with E-state index in [-0.39, 0.29) is 36.2 Å². The molecule has 4 rings (SSSR count). The minimum atomic E-state index is -0.236. The molecule has 1 aliphatic heterocycles. The molecule has 0 spiro atoms. The van der Waals surface area contributed by atoms with Gasteiger partial charge in [0.05, 0.1) is 16.3 Å². The van der Waals surface area contributed by atoms with Gasteiger partial charge in [-0.1, -0.05) is 6.07 Å². The van der Waals surface area contributed by atoms with Crippen molar-refractivity contribution < 1.29 is 19.1 Å². The average Bonchev–Trinajstić information content (AvgIpc) is 3.34. The molecule has 0 saturated heterocycles. The highest BCUT2D eigenvalue weighted by molar-refractivity contribution is 7.12. The predicted molar refractivity (Wildman–Crippen MR) is 111 cm³/mol. The van der Waals surface area contributed by atoms with Crippen molar-refractivity contribution in [3.8, 4) is 11.5 Å². The summed E-state index contributed by atoms with van der Waals surface area (Å²) in [7, 11) is 0. The van der Waals surface area contributed by atoms with Gasteiger partial charge in [-0.3, -0.25) is 9.59 Å². The number of hydrogen-bond donors (Lipinski definition) is 3. The van der Waals surface area contributed by atoms with Crippen LogP contribution >= 0.6 is 23.7 Å². The third-order valence-electron chi connectivity index (χ3n) is 4.78. The van der Waals surface area contributed by atoms with Crippen molar-refractivity contribution in [2.24, 2.45) is 11.7 Å². The van der Waals surface area contributed by atoms with E-state index in [0.29, 0.717) is 47.4 Å². The summed E-state index contributed by atoms with van der Waals surface area (Å²) in [5.74, 6) is 0.651. The topological polar surface area (TPSA) is 103 Å². The molecule has 4 N–H and O–H groups in total. The first-order chi connectivity index (χ1) is 13.1. The van der Waals surface area contributed by atoms with Gasteiger partial charge in [-0.25, -0.2) is 0 Å². The van der Waals surface area contributed by atoms with Crippen molar-refractivity contribution in [3.63, 3.8) is 0 Å². The standard InChI is InChI=1S/C19H21N3O4S.ClH/c20-12-4-3-11(8-12)18(23)21-13-9-15-16(26-6-5-25-15)10-14(13)22-19(24)17-2-1-7-27-17;/h1-2,7,9-12H,3-6,8,20H2,(H,21,23)(H,22,24);1H. The lowest BCUT2D eigenvalue weighted by Crippen LogP contribution is -2.24. The molecular weight excluding hydrogens is 402 g/mol. The van der Waals surface area contributed by atoms with E-state index in [4.69, 9.17) is 15.2 Å². The number of carbonyl (C=O) groups excluding carboxylic acids is 2. The molecule has 1 saturated carbocycles. The normalized spacial score (nSPS) is 20.2. The second kappa shape index (κ2) is 8.81. The van der Waals surface area contributed by atoms with E-state index in [2.05, 4.69) is 10.6 Å². The molecule has 0 bridgehead atoms. The number of nitrogens with one attached hydrogen (secondary N) is 2. The number of amides is 2. The Bertz CT molecular complexity index is 859. The van der Waals surface area contributed by atoms with Gasteiger partial charge >= 0.3 is 0 Å². The number of thiophene rings is 1. The first kappa shape index (κ1) is 20.4. The maximum absolute atomic E-state index is 12.6. The van der Waals surface area contributed by atoms with Crippen molar-refractivity contribution in [2.75, 3.05) is 23.8 Å². The summed E-state index contributed by atoms with van der Waals surface area (Å²) in [4.78, 5) is 25.7. The van der Waals surface area contributed by atoms with Crippen LogP contribution in [-0.4, -0.2) is 31.1 Å². The van der Waals surface area contributed by atoms with Gasteiger partial charge in [0.25, 0.3) is 5.91 Å². The van der Waals surface area contributed by atoms with Crippen LogP contribution < -0.4 is 25.8 Å².